The Bertz CT molecular complexity index is 976. The van der Waals surface area contributed by atoms with E-state index in [9.17, 15) is 14.4 Å². The maximum atomic E-state index is 12.8. The number of H-pyrrole nitrogens is 1. The zero-order chi connectivity index (χ0) is 19.7. The van der Waals surface area contributed by atoms with Crippen molar-refractivity contribution in [3.05, 3.63) is 63.1 Å². The van der Waals surface area contributed by atoms with Gasteiger partial charge in [-0.3, -0.25) is 14.4 Å². The maximum absolute atomic E-state index is 12.8. The van der Waals surface area contributed by atoms with Gasteiger partial charge in [-0.1, -0.05) is 6.07 Å². The number of nitrogens with zero attached hydrogens (tertiary/aromatic N) is 1. The molecule has 1 fully saturated rings. The number of fused-ring (bicyclic) bond motifs is 1. The predicted octanol–water partition coefficient (Wildman–Crippen LogP) is 2.00. The van der Waals surface area contributed by atoms with Crippen LogP contribution in [0.4, 0.5) is 5.69 Å². The normalized spacial score (nSPS) is 18.6. The van der Waals surface area contributed by atoms with Crippen LogP contribution >= 0.6 is 0 Å². The Kier molecular flexibility index (Phi) is 5.00. The molecule has 0 radical (unpaired) electrons. The third-order valence-corrected chi connectivity index (χ3v) is 5.28. The van der Waals surface area contributed by atoms with Gasteiger partial charge in [0.15, 0.2) is 0 Å². The minimum absolute atomic E-state index is 0.132. The molecule has 0 spiro atoms. The number of amides is 2. The first-order valence-electron chi connectivity index (χ1n) is 9.55. The molecule has 2 aliphatic rings. The second-order valence-electron chi connectivity index (χ2n) is 7.34. The summed E-state index contributed by atoms with van der Waals surface area (Å²) in [4.78, 5) is 41.5. The molecule has 4 rings (SSSR count). The van der Waals surface area contributed by atoms with Crippen LogP contribution in [-0.2, 0) is 22.5 Å². The average molecular weight is 381 g/mol. The lowest BCUT2D eigenvalue weighted by Crippen LogP contribution is -2.38. The van der Waals surface area contributed by atoms with Gasteiger partial charge in [-0.2, -0.15) is 0 Å². The number of carbonyl (C=O) groups is 2. The van der Waals surface area contributed by atoms with Crippen molar-refractivity contribution < 1.29 is 14.3 Å². The summed E-state index contributed by atoms with van der Waals surface area (Å²) in [7, 11) is 0. The standard InChI is InChI=1S/C21H23N3O4/c1-13-4-7-17(19(25)22-13)21(27)24-9-8-14-5-6-16(11-15(14)12-24)23-20(26)18-3-2-10-28-18/h4-7,11,18H,2-3,8-10,12H2,1H3,(H,22,25)(H,23,26)/t18-/m0/s1. The Morgan fingerprint density at radius 1 is 1.21 bits per heavy atom. The van der Waals surface area contributed by atoms with Crippen molar-refractivity contribution in [1.29, 1.82) is 0 Å². The van der Waals surface area contributed by atoms with E-state index in [1.54, 1.807) is 24.0 Å². The molecule has 2 N–H and O–H groups in total. The fourth-order valence-corrected chi connectivity index (χ4v) is 3.73. The number of hydrogen-bond donors (Lipinski definition) is 2. The zero-order valence-electron chi connectivity index (χ0n) is 15.8. The van der Waals surface area contributed by atoms with E-state index >= 15 is 0 Å². The monoisotopic (exact) mass is 381 g/mol. The van der Waals surface area contributed by atoms with Gasteiger partial charge >= 0.3 is 0 Å². The highest BCUT2D eigenvalue weighted by Gasteiger charge is 2.26. The van der Waals surface area contributed by atoms with Crippen molar-refractivity contribution in [2.75, 3.05) is 18.5 Å². The Morgan fingerprint density at radius 3 is 2.82 bits per heavy atom. The molecule has 28 heavy (non-hydrogen) atoms. The summed E-state index contributed by atoms with van der Waals surface area (Å²) in [6.45, 7) is 3.36. The van der Waals surface area contributed by atoms with Crippen molar-refractivity contribution in [3.63, 3.8) is 0 Å². The topological polar surface area (TPSA) is 91.5 Å². The Balaban J connectivity index is 1.50. The van der Waals surface area contributed by atoms with Gasteiger partial charge in [0.2, 0.25) is 0 Å². The van der Waals surface area contributed by atoms with Gasteiger partial charge in [0.25, 0.3) is 17.4 Å². The molecule has 0 unspecified atom stereocenters. The fourth-order valence-electron chi connectivity index (χ4n) is 3.73. The molecular weight excluding hydrogens is 358 g/mol. The second-order valence-corrected chi connectivity index (χ2v) is 7.34. The van der Waals surface area contributed by atoms with Crippen LogP contribution in [0.5, 0.6) is 0 Å². The largest absolute Gasteiger partial charge is 0.368 e. The highest BCUT2D eigenvalue weighted by molar-refractivity contribution is 5.95. The summed E-state index contributed by atoms with van der Waals surface area (Å²) in [5.74, 6) is -0.409. The quantitative estimate of drug-likeness (QED) is 0.851. The van der Waals surface area contributed by atoms with Crippen LogP contribution in [0.2, 0.25) is 0 Å². The SMILES string of the molecule is Cc1ccc(C(=O)N2CCc3ccc(NC(=O)[C@@H]4CCCO4)cc3C2)c(=O)[nH]1. The van der Waals surface area contributed by atoms with Crippen LogP contribution in [-0.4, -0.2) is 41.0 Å². The summed E-state index contributed by atoms with van der Waals surface area (Å²) in [5.41, 5.74) is 3.33. The van der Waals surface area contributed by atoms with E-state index in [1.807, 2.05) is 18.2 Å². The van der Waals surface area contributed by atoms with Gasteiger partial charge in [-0.15, -0.1) is 0 Å². The summed E-state index contributed by atoms with van der Waals surface area (Å²) in [6, 6.07) is 9.07. The van der Waals surface area contributed by atoms with E-state index in [0.29, 0.717) is 31.8 Å². The lowest BCUT2D eigenvalue weighted by Gasteiger charge is -2.29. The molecule has 7 nitrogen and oxygen atoms in total. The summed E-state index contributed by atoms with van der Waals surface area (Å²) in [5, 5.41) is 2.90. The van der Waals surface area contributed by atoms with E-state index in [0.717, 1.165) is 29.7 Å². The van der Waals surface area contributed by atoms with Crippen LogP contribution in [0.15, 0.2) is 35.1 Å². The van der Waals surface area contributed by atoms with Crippen LogP contribution in [0.1, 0.15) is 40.0 Å². The fraction of sp³-hybridized carbons (Fsp3) is 0.381. The van der Waals surface area contributed by atoms with E-state index < -0.39 is 0 Å². The van der Waals surface area contributed by atoms with Crippen molar-refractivity contribution in [3.8, 4) is 0 Å². The number of aryl methyl sites for hydroxylation is 1. The number of anilines is 1. The molecule has 0 aliphatic carbocycles. The number of ether oxygens (including phenoxy) is 1. The number of carbonyl (C=O) groups excluding carboxylic acids is 2. The lowest BCUT2D eigenvalue weighted by molar-refractivity contribution is -0.124. The molecule has 1 atom stereocenters. The number of hydrogen-bond acceptors (Lipinski definition) is 4. The van der Waals surface area contributed by atoms with E-state index in [-0.39, 0.29) is 29.0 Å². The molecule has 3 heterocycles. The molecule has 1 aromatic heterocycles. The van der Waals surface area contributed by atoms with E-state index in [2.05, 4.69) is 10.3 Å². The summed E-state index contributed by atoms with van der Waals surface area (Å²) < 4.78 is 5.42. The Morgan fingerprint density at radius 2 is 2.07 bits per heavy atom. The molecule has 2 aromatic rings. The van der Waals surface area contributed by atoms with Crippen molar-refractivity contribution >= 4 is 17.5 Å². The van der Waals surface area contributed by atoms with Crippen molar-refractivity contribution in [2.24, 2.45) is 0 Å². The van der Waals surface area contributed by atoms with Crippen LogP contribution in [0, 0.1) is 6.92 Å². The zero-order valence-corrected chi connectivity index (χ0v) is 15.8. The van der Waals surface area contributed by atoms with Gasteiger partial charge in [0.1, 0.15) is 11.7 Å². The lowest BCUT2D eigenvalue weighted by atomic mass is 9.98. The first-order chi connectivity index (χ1) is 13.5. The van der Waals surface area contributed by atoms with Gasteiger partial charge in [-0.25, -0.2) is 0 Å². The van der Waals surface area contributed by atoms with E-state index in [4.69, 9.17) is 4.74 Å². The number of benzene rings is 1. The van der Waals surface area contributed by atoms with Crippen LogP contribution in [0.25, 0.3) is 0 Å². The number of aromatic amines is 1. The van der Waals surface area contributed by atoms with Crippen LogP contribution < -0.4 is 10.9 Å². The predicted molar refractivity (Wildman–Crippen MR) is 104 cm³/mol. The van der Waals surface area contributed by atoms with Gasteiger partial charge < -0.3 is 19.9 Å². The van der Waals surface area contributed by atoms with Gasteiger partial charge in [0.05, 0.1) is 0 Å². The molecule has 2 aliphatic heterocycles. The molecule has 2 amide bonds. The average Bonchev–Trinajstić information content (AvgIpc) is 3.22. The molecule has 146 valence electrons. The second kappa shape index (κ2) is 7.59. The Hall–Kier alpha value is -2.93. The third-order valence-electron chi connectivity index (χ3n) is 5.28. The maximum Gasteiger partial charge on any atom is 0.260 e. The molecule has 1 aromatic carbocycles. The molecule has 0 bridgehead atoms. The first kappa shape index (κ1) is 18.4. The summed E-state index contributed by atoms with van der Waals surface area (Å²) >= 11 is 0. The number of aromatic nitrogens is 1. The minimum Gasteiger partial charge on any atom is -0.368 e. The number of nitrogens with one attached hydrogen (secondary N) is 2. The van der Waals surface area contributed by atoms with Crippen molar-refractivity contribution in [2.45, 2.75) is 38.8 Å². The number of rotatable bonds is 3. The first-order valence-corrected chi connectivity index (χ1v) is 9.55. The highest BCUT2D eigenvalue weighted by Crippen LogP contribution is 2.24. The minimum atomic E-state index is -0.387. The molecular formula is C21H23N3O4. The highest BCUT2D eigenvalue weighted by atomic mass is 16.5. The van der Waals surface area contributed by atoms with E-state index in [1.165, 1.54) is 0 Å². The molecule has 7 heteroatoms. The molecule has 1 saturated heterocycles. The Labute approximate surface area is 162 Å². The van der Waals surface area contributed by atoms with Crippen LogP contribution in [0.3, 0.4) is 0 Å². The summed E-state index contributed by atoms with van der Waals surface area (Å²) in [6.07, 6.45) is 1.97. The number of pyridine rings is 1. The van der Waals surface area contributed by atoms with Gasteiger partial charge in [-0.05, 0) is 61.6 Å². The van der Waals surface area contributed by atoms with Crippen molar-refractivity contribution in [1.82, 2.24) is 9.88 Å². The van der Waals surface area contributed by atoms with Gasteiger partial charge in [0, 0.05) is 31.1 Å². The molecule has 0 saturated carbocycles. The smallest absolute Gasteiger partial charge is 0.260 e. The third kappa shape index (κ3) is 3.71.